The van der Waals surface area contributed by atoms with Crippen molar-refractivity contribution in [2.24, 2.45) is 0 Å². The van der Waals surface area contributed by atoms with E-state index in [2.05, 4.69) is 20.1 Å². The third-order valence-corrected chi connectivity index (χ3v) is 7.08. The van der Waals surface area contributed by atoms with E-state index in [1.54, 1.807) is 0 Å². The van der Waals surface area contributed by atoms with Crippen LogP contribution in [0, 0.1) is 0 Å². The number of carbonyl (C=O) groups excluding carboxylic acids is 1. The number of carbonyl (C=O) groups is 1. The highest BCUT2D eigenvalue weighted by Crippen LogP contribution is 2.30. The van der Waals surface area contributed by atoms with Crippen molar-refractivity contribution in [2.75, 3.05) is 50.0 Å². The molecule has 0 radical (unpaired) electrons. The zero-order valence-electron chi connectivity index (χ0n) is 17.4. The van der Waals surface area contributed by atoms with Gasteiger partial charge >= 0.3 is 0 Å². The lowest BCUT2D eigenvalue weighted by molar-refractivity contribution is -0.116. The molecule has 162 valence electrons. The summed E-state index contributed by atoms with van der Waals surface area (Å²) >= 11 is 7.39. The first kappa shape index (κ1) is 20.6. The fourth-order valence-corrected chi connectivity index (χ4v) is 4.94. The van der Waals surface area contributed by atoms with Crippen LogP contribution in [0.15, 0.2) is 36.4 Å². The third-order valence-electron chi connectivity index (χ3n) is 5.95. The second-order valence-corrected chi connectivity index (χ2v) is 9.51. The van der Waals surface area contributed by atoms with Gasteiger partial charge in [-0.05, 0) is 62.3 Å². The van der Waals surface area contributed by atoms with Crippen molar-refractivity contribution < 1.29 is 4.79 Å². The Labute approximate surface area is 190 Å². The lowest BCUT2D eigenvalue weighted by atomic mass is 10.3. The summed E-state index contributed by atoms with van der Waals surface area (Å²) in [4.78, 5) is 29.4. The van der Waals surface area contributed by atoms with E-state index in [9.17, 15) is 4.79 Å². The van der Waals surface area contributed by atoms with Crippen LogP contribution >= 0.6 is 22.9 Å². The minimum atomic E-state index is -0.0332. The Balaban J connectivity index is 1.21. The van der Waals surface area contributed by atoms with Gasteiger partial charge in [0.2, 0.25) is 5.91 Å². The van der Waals surface area contributed by atoms with Crippen molar-refractivity contribution in [1.82, 2.24) is 19.8 Å². The Kier molecular flexibility index (Phi) is 5.79. The van der Waals surface area contributed by atoms with Crippen LogP contribution in [0.3, 0.4) is 0 Å². The van der Waals surface area contributed by atoms with Gasteiger partial charge in [0.25, 0.3) is 0 Å². The van der Waals surface area contributed by atoms with Crippen molar-refractivity contribution in [2.45, 2.75) is 18.9 Å². The Hall–Kier alpha value is -2.26. The van der Waals surface area contributed by atoms with Crippen LogP contribution in [0.1, 0.15) is 12.8 Å². The van der Waals surface area contributed by atoms with Gasteiger partial charge in [-0.2, -0.15) is 0 Å². The van der Waals surface area contributed by atoms with Gasteiger partial charge in [0, 0.05) is 37.4 Å². The van der Waals surface area contributed by atoms with Gasteiger partial charge in [-0.1, -0.05) is 22.9 Å². The zero-order valence-corrected chi connectivity index (χ0v) is 19.0. The van der Waals surface area contributed by atoms with Crippen molar-refractivity contribution in [3.05, 3.63) is 41.4 Å². The molecule has 2 aliphatic rings. The molecule has 7 nitrogen and oxygen atoms in total. The molecule has 2 aromatic heterocycles. The maximum Gasteiger partial charge on any atom is 0.244 e. The number of aromatic nitrogens is 2. The lowest BCUT2D eigenvalue weighted by Gasteiger charge is -2.18. The number of fused-ring (bicyclic) bond motifs is 1. The summed E-state index contributed by atoms with van der Waals surface area (Å²) in [6.45, 7) is 5.23. The molecular formula is C22H25ClN6OS. The molecule has 4 heterocycles. The summed E-state index contributed by atoms with van der Waals surface area (Å²) in [5.41, 5.74) is 1.78. The highest BCUT2D eigenvalue weighted by molar-refractivity contribution is 7.22. The molecule has 1 aromatic carbocycles. The molecule has 0 spiro atoms. The molecule has 31 heavy (non-hydrogen) atoms. The van der Waals surface area contributed by atoms with Gasteiger partial charge in [-0.3, -0.25) is 9.69 Å². The number of pyridine rings is 1. The summed E-state index contributed by atoms with van der Waals surface area (Å²) in [5.74, 6) is 0.839. The monoisotopic (exact) mass is 456 g/mol. The molecule has 9 heteroatoms. The van der Waals surface area contributed by atoms with E-state index in [1.165, 1.54) is 37.3 Å². The summed E-state index contributed by atoms with van der Waals surface area (Å²) in [6.07, 6.45) is 2.60. The number of benzene rings is 1. The lowest BCUT2D eigenvalue weighted by Crippen LogP contribution is -2.28. The number of hydrogen-bond donors (Lipinski definition) is 1. The number of hydrogen-bond acceptors (Lipinski definition) is 7. The number of rotatable bonds is 7. The minimum absolute atomic E-state index is 0.0268. The van der Waals surface area contributed by atoms with Gasteiger partial charge in [-0.25, -0.2) is 9.97 Å². The number of nitrogens with one attached hydrogen (secondary N) is 1. The Bertz CT molecular complexity index is 1080. The topological polar surface area (TPSA) is 64.4 Å². The summed E-state index contributed by atoms with van der Waals surface area (Å²) < 4.78 is 0. The molecule has 2 saturated heterocycles. The molecular weight excluding hydrogens is 432 g/mol. The second kappa shape index (κ2) is 8.70. The van der Waals surface area contributed by atoms with Gasteiger partial charge in [0.05, 0.1) is 0 Å². The molecule has 0 saturated carbocycles. The first-order valence-electron chi connectivity index (χ1n) is 10.6. The Morgan fingerprint density at radius 3 is 2.71 bits per heavy atom. The van der Waals surface area contributed by atoms with Gasteiger partial charge < -0.3 is 15.1 Å². The summed E-state index contributed by atoms with van der Waals surface area (Å²) in [7, 11) is 1.96. The zero-order chi connectivity index (χ0) is 21.4. The predicted octanol–water partition coefficient (Wildman–Crippen LogP) is 3.83. The van der Waals surface area contributed by atoms with Crippen molar-refractivity contribution >= 4 is 55.8 Å². The van der Waals surface area contributed by atoms with Crippen LogP contribution in [-0.2, 0) is 4.79 Å². The molecule has 1 N–H and O–H groups in total. The van der Waals surface area contributed by atoms with Crippen LogP contribution in [0.25, 0.3) is 10.3 Å². The summed E-state index contributed by atoms with van der Waals surface area (Å²) in [6, 6.07) is 11.5. The molecule has 1 amide bonds. The SMILES string of the molecule is CN(c1ccc(Cl)cc1)c1ccc2nc(NC(=O)C3CN3CCN3CCCC3)sc2n1. The average molecular weight is 457 g/mol. The maximum atomic E-state index is 12.6. The largest absolute Gasteiger partial charge is 0.329 e. The molecule has 2 unspecified atom stereocenters. The standard InChI is InChI=1S/C22H25ClN6OS/c1-27(16-6-4-15(23)5-7-16)19-9-8-17-21(25-19)31-22(24-17)26-20(30)18-14-29(18)13-12-28-10-2-3-11-28/h4-9,18H,2-3,10-14H2,1H3,(H,24,26,30). The van der Waals surface area contributed by atoms with Gasteiger partial charge in [0.1, 0.15) is 22.2 Å². The molecule has 2 aliphatic heterocycles. The fourth-order valence-electron chi connectivity index (χ4n) is 3.98. The van der Waals surface area contributed by atoms with Gasteiger partial charge in [-0.15, -0.1) is 0 Å². The first-order valence-corrected chi connectivity index (χ1v) is 11.8. The van der Waals surface area contributed by atoms with Crippen LogP contribution in [0.5, 0.6) is 0 Å². The normalized spacial score (nSPS) is 20.8. The van der Waals surface area contributed by atoms with E-state index >= 15 is 0 Å². The Morgan fingerprint density at radius 2 is 1.94 bits per heavy atom. The quantitative estimate of drug-likeness (QED) is 0.545. The molecule has 0 aliphatic carbocycles. The number of halogens is 1. The predicted molar refractivity (Wildman–Crippen MR) is 127 cm³/mol. The number of likely N-dealkylation sites (tertiary alicyclic amines) is 1. The summed E-state index contributed by atoms with van der Waals surface area (Å²) in [5, 5.41) is 4.29. The van der Waals surface area contributed by atoms with Crippen molar-refractivity contribution in [3.63, 3.8) is 0 Å². The van der Waals surface area contributed by atoms with Crippen molar-refractivity contribution in [3.8, 4) is 0 Å². The maximum absolute atomic E-state index is 12.6. The molecule has 5 rings (SSSR count). The molecule has 2 fully saturated rings. The second-order valence-electron chi connectivity index (χ2n) is 8.10. The van der Waals surface area contributed by atoms with E-state index in [0.717, 1.165) is 41.5 Å². The molecule has 2 atom stereocenters. The number of amides is 1. The number of anilines is 3. The van der Waals surface area contributed by atoms with Crippen molar-refractivity contribution in [1.29, 1.82) is 0 Å². The average Bonchev–Trinajstić information content (AvgIpc) is 3.16. The van der Waals surface area contributed by atoms with Crippen LogP contribution in [-0.4, -0.2) is 71.5 Å². The molecule has 0 bridgehead atoms. The smallest absolute Gasteiger partial charge is 0.244 e. The van der Waals surface area contributed by atoms with Crippen LogP contribution in [0.2, 0.25) is 5.02 Å². The van der Waals surface area contributed by atoms with Gasteiger partial charge in [0.15, 0.2) is 5.13 Å². The highest BCUT2D eigenvalue weighted by Gasteiger charge is 2.40. The first-order chi connectivity index (χ1) is 15.1. The fraction of sp³-hybridized carbons (Fsp3) is 0.409. The van der Waals surface area contributed by atoms with E-state index in [4.69, 9.17) is 16.6 Å². The minimum Gasteiger partial charge on any atom is -0.329 e. The van der Waals surface area contributed by atoms with E-state index < -0.39 is 0 Å². The van der Waals surface area contributed by atoms with E-state index in [0.29, 0.717) is 10.2 Å². The highest BCUT2D eigenvalue weighted by atomic mass is 35.5. The third kappa shape index (κ3) is 4.67. The number of thiazole rings is 1. The Morgan fingerprint density at radius 1 is 1.16 bits per heavy atom. The van der Waals surface area contributed by atoms with Crippen LogP contribution < -0.4 is 10.2 Å². The molecule has 3 aromatic rings. The number of nitrogens with zero attached hydrogens (tertiary/aromatic N) is 5. The van der Waals surface area contributed by atoms with E-state index in [1.807, 2.05) is 48.3 Å². The van der Waals surface area contributed by atoms with E-state index in [-0.39, 0.29) is 11.9 Å². The van der Waals surface area contributed by atoms with Crippen LogP contribution in [0.4, 0.5) is 16.6 Å².